The minimum absolute atomic E-state index is 0.00188. The zero-order valence-electron chi connectivity index (χ0n) is 14.1. The first-order chi connectivity index (χ1) is 11.7. The number of hydrogen-bond donors (Lipinski definition) is 1. The minimum atomic E-state index is -0.322. The fourth-order valence-corrected chi connectivity index (χ4v) is 2.41. The van der Waals surface area contributed by atoms with Crippen molar-refractivity contribution in [1.82, 2.24) is 4.90 Å². The third kappa shape index (κ3) is 4.73. The third-order valence-electron chi connectivity index (χ3n) is 3.87. The van der Waals surface area contributed by atoms with Crippen molar-refractivity contribution in [3.05, 3.63) is 60.2 Å². The second-order valence-electron chi connectivity index (χ2n) is 5.48. The number of carbonyl (C=O) groups is 1. The summed E-state index contributed by atoms with van der Waals surface area (Å²) in [6.45, 7) is 1.20. The Kier molecular flexibility index (Phi) is 6.63. The number of nitrogens with zero attached hydrogens (tertiary/aromatic N) is 1. The molecule has 128 valence electrons. The molecule has 1 atom stereocenters. The number of carbonyl (C=O) groups excluding carboxylic acids is 1. The van der Waals surface area contributed by atoms with Gasteiger partial charge in [0.2, 0.25) is 5.91 Å². The van der Waals surface area contributed by atoms with Gasteiger partial charge in [-0.1, -0.05) is 30.3 Å². The Bertz CT molecular complexity index is 629. The van der Waals surface area contributed by atoms with Gasteiger partial charge in [0.25, 0.3) is 0 Å². The molecule has 2 aromatic carbocycles. The highest BCUT2D eigenvalue weighted by Crippen LogP contribution is 2.18. The fourth-order valence-electron chi connectivity index (χ4n) is 2.41. The van der Waals surface area contributed by atoms with Crippen LogP contribution in [-0.2, 0) is 4.79 Å². The molecule has 2 aromatic rings. The van der Waals surface area contributed by atoms with Crippen LogP contribution in [0, 0.1) is 0 Å². The summed E-state index contributed by atoms with van der Waals surface area (Å²) in [5, 5.41) is 0. The van der Waals surface area contributed by atoms with Gasteiger partial charge in [0.05, 0.1) is 19.6 Å². The first-order valence-corrected chi connectivity index (χ1v) is 7.92. The number of methoxy groups -OCH3 is 1. The summed E-state index contributed by atoms with van der Waals surface area (Å²) in [6, 6.07) is 17.0. The highest BCUT2D eigenvalue weighted by Gasteiger charge is 2.22. The molecule has 0 bridgehead atoms. The van der Waals surface area contributed by atoms with Crippen LogP contribution in [0.1, 0.15) is 11.5 Å². The van der Waals surface area contributed by atoms with Gasteiger partial charge in [-0.05, 0) is 29.8 Å². The molecule has 2 N–H and O–H groups in total. The molecule has 0 saturated carbocycles. The lowest BCUT2D eigenvalue weighted by Gasteiger charge is -2.23. The van der Waals surface area contributed by atoms with Gasteiger partial charge in [-0.25, -0.2) is 0 Å². The van der Waals surface area contributed by atoms with Crippen molar-refractivity contribution < 1.29 is 14.3 Å². The van der Waals surface area contributed by atoms with Gasteiger partial charge < -0.3 is 20.1 Å². The van der Waals surface area contributed by atoms with Crippen LogP contribution < -0.4 is 15.2 Å². The van der Waals surface area contributed by atoms with Gasteiger partial charge >= 0.3 is 0 Å². The molecule has 0 aliphatic rings. The van der Waals surface area contributed by atoms with Crippen molar-refractivity contribution in [2.75, 3.05) is 33.9 Å². The lowest BCUT2D eigenvalue weighted by Crippen LogP contribution is -2.37. The van der Waals surface area contributed by atoms with Crippen LogP contribution in [0.4, 0.5) is 0 Å². The highest BCUT2D eigenvalue weighted by atomic mass is 16.5. The van der Waals surface area contributed by atoms with Gasteiger partial charge in [0, 0.05) is 13.6 Å². The van der Waals surface area contributed by atoms with E-state index in [1.807, 2.05) is 54.6 Å². The second kappa shape index (κ2) is 8.93. The Morgan fingerprint density at radius 2 is 1.71 bits per heavy atom. The molecule has 5 nitrogen and oxygen atoms in total. The number of rotatable bonds is 8. The summed E-state index contributed by atoms with van der Waals surface area (Å²) in [4.78, 5) is 14.2. The summed E-state index contributed by atoms with van der Waals surface area (Å²) in [5.74, 6) is 1.21. The molecule has 0 aliphatic carbocycles. The molecule has 1 amide bonds. The smallest absolute Gasteiger partial charge is 0.231 e. The standard InChI is InChI=1S/C19H24N2O3/c1-21(12-13-24-17-10-8-16(23-2)9-11-17)19(22)18(14-20)15-6-4-3-5-7-15/h3-11,18H,12-14,20H2,1-2H3. The van der Waals surface area contributed by atoms with E-state index < -0.39 is 0 Å². The monoisotopic (exact) mass is 328 g/mol. The second-order valence-corrected chi connectivity index (χ2v) is 5.48. The van der Waals surface area contributed by atoms with Crippen molar-refractivity contribution in [3.8, 4) is 11.5 Å². The quantitative estimate of drug-likeness (QED) is 0.807. The van der Waals surface area contributed by atoms with Crippen molar-refractivity contribution in [2.24, 2.45) is 5.73 Å². The van der Waals surface area contributed by atoms with E-state index in [9.17, 15) is 4.79 Å². The van der Waals surface area contributed by atoms with Crippen molar-refractivity contribution >= 4 is 5.91 Å². The molecule has 0 radical (unpaired) electrons. The van der Waals surface area contributed by atoms with E-state index in [0.717, 1.165) is 17.1 Å². The maximum Gasteiger partial charge on any atom is 0.231 e. The van der Waals surface area contributed by atoms with E-state index in [1.54, 1.807) is 19.1 Å². The zero-order valence-corrected chi connectivity index (χ0v) is 14.1. The van der Waals surface area contributed by atoms with E-state index >= 15 is 0 Å². The van der Waals surface area contributed by atoms with E-state index in [4.69, 9.17) is 15.2 Å². The maximum atomic E-state index is 12.6. The first kappa shape index (κ1) is 17.8. The van der Waals surface area contributed by atoms with Crippen LogP contribution in [0.3, 0.4) is 0 Å². The zero-order chi connectivity index (χ0) is 17.4. The molecule has 24 heavy (non-hydrogen) atoms. The third-order valence-corrected chi connectivity index (χ3v) is 3.87. The number of hydrogen-bond acceptors (Lipinski definition) is 4. The Labute approximate surface area is 143 Å². The van der Waals surface area contributed by atoms with Crippen molar-refractivity contribution in [3.63, 3.8) is 0 Å². The molecule has 0 aromatic heterocycles. The Morgan fingerprint density at radius 3 is 2.29 bits per heavy atom. The Hall–Kier alpha value is -2.53. The minimum Gasteiger partial charge on any atom is -0.497 e. The molecule has 0 spiro atoms. The Morgan fingerprint density at radius 1 is 1.08 bits per heavy atom. The van der Waals surface area contributed by atoms with Crippen LogP contribution in [0.15, 0.2) is 54.6 Å². The average Bonchev–Trinajstić information content (AvgIpc) is 2.63. The molecular formula is C19H24N2O3. The van der Waals surface area contributed by atoms with Crippen LogP contribution >= 0.6 is 0 Å². The predicted molar refractivity (Wildman–Crippen MR) is 94.4 cm³/mol. The van der Waals surface area contributed by atoms with Crippen LogP contribution in [0.2, 0.25) is 0 Å². The van der Waals surface area contributed by atoms with Crippen molar-refractivity contribution in [2.45, 2.75) is 5.92 Å². The van der Waals surface area contributed by atoms with Gasteiger partial charge in [0.15, 0.2) is 0 Å². The van der Waals surface area contributed by atoms with Crippen LogP contribution in [0.5, 0.6) is 11.5 Å². The number of nitrogens with two attached hydrogens (primary N) is 1. The molecule has 0 aliphatic heterocycles. The summed E-state index contributed by atoms with van der Waals surface area (Å²) in [5.41, 5.74) is 6.74. The summed E-state index contributed by atoms with van der Waals surface area (Å²) >= 11 is 0. The molecule has 1 unspecified atom stereocenters. The summed E-state index contributed by atoms with van der Waals surface area (Å²) < 4.78 is 10.8. The molecule has 5 heteroatoms. The Balaban J connectivity index is 1.86. The lowest BCUT2D eigenvalue weighted by atomic mass is 9.98. The molecule has 0 saturated heterocycles. The molecular weight excluding hydrogens is 304 g/mol. The van der Waals surface area contributed by atoms with E-state index in [2.05, 4.69) is 0 Å². The molecule has 2 rings (SSSR count). The van der Waals surface area contributed by atoms with E-state index in [-0.39, 0.29) is 18.4 Å². The fraction of sp³-hybridized carbons (Fsp3) is 0.316. The summed E-state index contributed by atoms with van der Waals surface area (Å²) in [6.07, 6.45) is 0. The average molecular weight is 328 g/mol. The van der Waals surface area contributed by atoms with E-state index in [0.29, 0.717) is 13.2 Å². The lowest BCUT2D eigenvalue weighted by molar-refractivity contribution is -0.131. The molecule has 0 heterocycles. The van der Waals surface area contributed by atoms with Gasteiger partial charge in [-0.3, -0.25) is 4.79 Å². The van der Waals surface area contributed by atoms with E-state index in [1.165, 1.54) is 0 Å². The predicted octanol–water partition coefficient (Wildman–Crippen LogP) is 2.27. The number of amides is 1. The number of ether oxygens (including phenoxy) is 2. The summed E-state index contributed by atoms with van der Waals surface area (Å²) in [7, 11) is 3.39. The van der Waals surface area contributed by atoms with Crippen LogP contribution in [0.25, 0.3) is 0 Å². The topological polar surface area (TPSA) is 64.8 Å². The van der Waals surface area contributed by atoms with Crippen LogP contribution in [-0.4, -0.2) is 44.7 Å². The maximum absolute atomic E-state index is 12.6. The highest BCUT2D eigenvalue weighted by molar-refractivity contribution is 5.83. The van der Waals surface area contributed by atoms with Gasteiger partial charge in [-0.15, -0.1) is 0 Å². The first-order valence-electron chi connectivity index (χ1n) is 7.92. The SMILES string of the molecule is COc1ccc(OCCN(C)C(=O)C(CN)c2ccccc2)cc1. The van der Waals surface area contributed by atoms with Crippen molar-refractivity contribution in [1.29, 1.82) is 0 Å². The normalized spacial score (nSPS) is 11.6. The van der Waals surface area contributed by atoms with Gasteiger partial charge in [-0.2, -0.15) is 0 Å². The van der Waals surface area contributed by atoms with Gasteiger partial charge in [0.1, 0.15) is 18.1 Å². The number of benzene rings is 2. The molecule has 0 fully saturated rings. The number of likely N-dealkylation sites (N-methyl/N-ethyl adjacent to an activating group) is 1. The largest absolute Gasteiger partial charge is 0.497 e.